The van der Waals surface area contributed by atoms with E-state index in [1.54, 1.807) is 0 Å². The molecule has 10 aromatic rings. The minimum atomic E-state index is -0.107. The zero-order chi connectivity index (χ0) is 50.1. The maximum Gasteiger partial charge on any atom is 0.0547 e. The van der Waals surface area contributed by atoms with E-state index in [1.807, 2.05) is 0 Å². The number of anilines is 3. The molecule has 0 aliphatic heterocycles. The van der Waals surface area contributed by atoms with E-state index in [0.29, 0.717) is 0 Å². The molecule has 1 aromatic heterocycles. The van der Waals surface area contributed by atoms with Crippen molar-refractivity contribution >= 4 is 38.9 Å². The molecule has 0 unspecified atom stereocenters. The highest BCUT2D eigenvalue weighted by Crippen LogP contribution is 2.51. The predicted molar refractivity (Wildman–Crippen MR) is 315 cm³/mol. The lowest BCUT2D eigenvalue weighted by atomic mass is 9.82. The van der Waals surface area contributed by atoms with Gasteiger partial charge in [-0.15, -0.1) is 0 Å². The van der Waals surface area contributed by atoms with Crippen molar-refractivity contribution in [1.82, 2.24) is 4.57 Å². The first-order chi connectivity index (χ1) is 35.7. The zero-order valence-corrected chi connectivity index (χ0v) is 43.9. The van der Waals surface area contributed by atoms with Gasteiger partial charge in [-0.1, -0.05) is 200 Å². The Kier molecular flexibility index (Phi) is 13.5. The van der Waals surface area contributed by atoms with E-state index in [-0.39, 0.29) is 5.41 Å². The highest BCUT2D eigenvalue weighted by Gasteiger charge is 2.35. The SMILES string of the molecule is CCCCCCc1cc(-c2cc(C)cc(-n3c4ccccc4c4ccc(-c5ccc(N(c6ccc(-c7ccccc7)cc6)c6ccc7c(c6)C(C)(C)c6ccccc6-7)cc5)cc43)c2)c(CCCCCC)cc1C. The number of para-hydroxylation sites is 1. The van der Waals surface area contributed by atoms with Crippen molar-refractivity contribution in [1.29, 1.82) is 0 Å². The lowest BCUT2D eigenvalue weighted by molar-refractivity contribution is 0.660. The summed E-state index contributed by atoms with van der Waals surface area (Å²) in [4.78, 5) is 2.42. The number of nitrogens with zero attached hydrogens (tertiary/aromatic N) is 2. The second-order valence-corrected chi connectivity index (χ2v) is 21.4. The van der Waals surface area contributed by atoms with E-state index in [2.05, 4.69) is 245 Å². The van der Waals surface area contributed by atoms with Crippen LogP contribution < -0.4 is 4.90 Å². The van der Waals surface area contributed by atoms with Crippen molar-refractivity contribution in [3.63, 3.8) is 0 Å². The van der Waals surface area contributed by atoms with Gasteiger partial charge in [0.25, 0.3) is 0 Å². The molecule has 11 rings (SSSR count). The third kappa shape index (κ3) is 9.34. The molecule has 364 valence electrons. The molecule has 1 aliphatic rings. The number of aromatic nitrogens is 1. The van der Waals surface area contributed by atoms with E-state index < -0.39 is 0 Å². The van der Waals surface area contributed by atoms with Crippen LogP contribution in [-0.4, -0.2) is 4.57 Å². The average molecular weight is 951 g/mol. The molecule has 0 bridgehead atoms. The van der Waals surface area contributed by atoms with Crippen LogP contribution in [0, 0.1) is 13.8 Å². The lowest BCUT2D eigenvalue weighted by Crippen LogP contribution is -2.16. The fourth-order valence-corrected chi connectivity index (χ4v) is 12.0. The Morgan fingerprint density at radius 3 is 1.71 bits per heavy atom. The lowest BCUT2D eigenvalue weighted by Gasteiger charge is -2.28. The smallest absolute Gasteiger partial charge is 0.0547 e. The van der Waals surface area contributed by atoms with Crippen molar-refractivity contribution in [2.24, 2.45) is 0 Å². The zero-order valence-electron chi connectivity index (χ0n) is 43.9. The first-order valence-electron chi connectivity index (χ1n) is 27.3. The van der Waals surface area contributed by atoms with Crippen LogP contribution in [0.4, 0.5) is 17.1 Å². The topological polar surface area (TPSA) is 8.17 Å². The number of aryl methyl sites for hydroxylation is 4. The first kappa shape index (κ1) is 47.9. The molecule has 0 fully saturated rings. The molecular weight excluding hydrogens is 881 g/mol. The van der Waals surface area contributed by atoms with Crippen LogP contribution in [0.2, 0.25) is 0 Å². The molecule has 0 amide bonds. The van der Waals surface area contributed by atoms with Crippen LogP contribution in [-0.2, 0) is 18.3 Å². The average Bonchev–Trinajstić information content (AvgIpc) is 3.87. The Morgan fingerprint density at radius 2 is 0.986 bits per heavy atom. The number of benzene rings is 9. The number of hydrogen-bond acceptors (Lipinski definition) is 1. The monoisotopic (exact) mass is 951 g/mol. The number of rotatable bonds is 17. The Labute approximate surface area is 435 Å². The van der Waals surface area contributed by atoms with Crippen molar-refractivity contribution in [3.05, 3.63) is 228 Å². The highest BCUT2D eigenvalue weighted by atomic mass is 15.1. The third-order valence-corrected chi connectivity index (χ3v) is 16.0. The van der Waals surface area contributed by atoms with Crippen LogP contribution in [0.5, 0.6) is 0 Å². The summed E-state index contributed by atoms with van der Waals surface area (Å²) in [5.41, 5.74) is 25.7. The number of unbranched alkanes of at least 4 members (excludes halogenated alkanes) is 6. The molecule has 73 heavy (non-hydrogen) atoms. The van der Waals surface area contributed by atoms with Gasteiger partial charge in [-0.05, 0) is 178 Å². The molecular formula is C71H70N2. The van der Waals surface area contributed by atoms with Gasteiger partial charge in [0.15, 0.2) is 0 Å². The molecule has 0 radical (unpaired) electrons. The molecule has 0 saturated heterocycles. The second kappa shape index (κ2) is 20.6. The van der Waals surface area contributed by atoms with Crippen molar-refractivity contribution in [3.8, 4) is 50.2 Å². The van der Waals surface area contributed by atoms with E-state index in [9.17, 15) is 0 Å². The summed E-state index contributed by atoms with van der Waals surface area (Å²) in [6.45, 7) is 14.0. The van der Waals surface area contributed by atoms with Crippen LogP contribution in [0.15, 0.2) is 194 Å². The van der Waals surface area contributed by atoms with Gasteiger partial charge in [-0.2, -0.15) is 0 Å². The Hall–Kier alpha value is -7.42. The van der Waals surface area contributed by atoms with Gasteiger partial charge in [0, 0.05) is 38.9 Å². The maximum atomic E-state index is 2.56. The van der Waals surface area contributed by atoms with Gasteiger partial charge < -0.3 is 9.47 Å². The maximum absolute atomic E-state index is 2.56. The third-order valence-electron chi connectivity index (χ3n) is 16.0. The molecule has 2 nitrogen and oxygen atoms in total. The van der Waals surface area contributed by atoms with Crippen molar-refractivity contribution in [2.75, 3.05) is 4.90 Å². The summed E-state index contributed by atoms with van der Waals surface area (Å²) in [6, 6.07) is 73.4. The summed E-state index contributed by atoms with van der Waals surface area (Å²) in [7, 11) is 0. The van der Waals surface area contributed by atoms with Crippen LogP contribution in [0.1, 0.15) is 112 Å². The van der Waals surface area contributed by atoms with Gasteiger partial charge in [0.2, 0.25) is 0 Å². The van der Waals surface area contributed by atoms with E-state index >= 15 is 0 Å². The summed E-state index contributed by atoms with van der Waals surface area (Å²) in [6.07, 6.45) is 12.4. The van der Waals surface area contributed by atoms with Crippen LogP contribution >= 0.6 is 0 Å². The molecule has 1 aliphatic carbocycles. The summed E-state index contributed by atoms with van der Waals surface area (Å²) < 4.78 is 2.52. The van der Waals surface area contributed by atoms with Gasteiger partial charge >= 0.3 is 0 Å². The van der Waals surface area contributed by atoms with Gasteiger partial charge in [-0.3, -0.25) is 0 Å². The first-order valence-corrected chi connectivity index (χ1v) is 27.3. The van der Waals surface area contributed by atoms with Crippen molar-refractivity contribution in [2.45, 2.75) is 111 Å². The molecule has 2 heteroatoms. The minimum Gasteiger partial charge on any atom is -0.310 e. The molecule has 0 spiro atoms. The summed E-state index contributed by atoms with van der Waals surface area (Å²) in [5, 5.41) is 2.55. The van der Waals surface area contributed by atoms with E-state index in [1.165, 1.54) is 157 Å². The second-order valence-electron chi connectivity index (χ2n) is 21.4. The van der Waals surface area contributed by atoms with Gasteiger partial charge in [0.1, 0.15) is 0 Å². The molecule has 1 heterocycles. The largest absolute Gasteiger partial charge is 0.310 e. The summed E-state index contributed by atoms with van der Waals surface area (Å²) in [5.74, 6) is 0. The molecule has 0 atom stereocenters. The van der Waals surface area contributed by atoms with Gasteiger partial charge in [-0.25, -0.2) is 0 Å². The molecule has 0 saturated carbocycles. The fourth-order valence-electron chi connectivity index (χ4n) is 12.0. The van der Waals surface area contributed by atoms with Crippen LogP contribution in [0.25, 0.3) is 72.0 Å². The Balaban J connectivity index is 0.985. The quantitative estimate of drug-likeness (QED) is 0.0826. The number of hydrogen-bond donors (Lipinski definition) is 0. The Bertz CT molecular complexity index is 3570. The fraction of sp³-hybridized carbons (Fsp3) is 0.239. The number of fused-ring (bicyclic) bond motifs is 6. The highest BCUT2D eigenvalue weighted by molar-refractivity contribution is 6.10. The summed E-state index contributed by atoms with van der Waals surface area (Å²) >= 11 is 0. The van der Waals surface area contributed by atoms with Gasteiger partial charge in [0.05, 0.1) is 11.0 Å². The van der Waals surface area contributed by atoms with Crippen LogP contribution in [0.3, 0.4) is 0 Å². The van der Waals surface area contributed by atoms with E-state index in [4.69, 9.17) is 0 Å². The molecule has 9 aromatic carbocycles. The Morgan fingerprint density at radius 1 is 0.397 bits per heavy atom. The standard InChI is InChI=1S/C71H70N2/c1-7-9-11-14-24-54-46-66(56(44-50(54)4)25-15-12-10-8-2)57-42-49(3)43-61(45-57)73-69-29-21-19-27-64(69)65-40-34-55(47-70(65)73)53-32-37-59(38-33-53)72(58-35-30-52(31-36-58)51-22-16-13-17-23-51)60-39-41-63-62-26-18-20-28-67(62)71(5,6)68(63)48-60/h13,16-23,26-48H,7-12,14-15,24-25H2,1-6H3. The normalized spacial score (nSPS) is 12.6. The van der Waals surface area contributed by atoms with E-state index in [0.717, 1.165) is 29.9 Å². The molecule has 0 N–H and O–H groups in total. The van der Waals surface area contributed by atoms with Crippen molar-refractivity contribution < 1.29 is 0 Å². The minimum absolute atomic E-state index is 0.107. The predicted octanol–water partition coefficient (Wildman–Crippen LogP) is 20.4.